The van der Waals surface area contributed by atoms with Gasteiger partial charge in [-0.1, -0.05) is 18.2 Å². The summed E-state index contributed by atoms with van der Waals surface area (Å²) < 4.78 is 11.6. The zero-order chi connectivity index (χ0) is 19.4. The summed E-state index contributed by atoms with van der Waals surface area (Å²) in [7, 11) is 0. The van der Waals surface area contributed by atoms with Crippen LogP contribution in [0.5, 0.6) is 23.0 Å². The molecule has 0 aliphatic rings. The van der Waals surface area contributed by atoms with E-state index in [2.05, 4.69) is 0 Å². The van der Waals surface area contributed by atoms with Crippen LogP contribution in [0.1, 0.15) is 26.3 Å². The van der Waals surface area contributed by atoms with E-state index in [1.807, 2.05) is 13.0 Å². The maximum Gasteiger partial charge on any atom is 0.335 e. The number of carbonyl (C=O) groups is 2. The molecular formula is C21H16O6. The van der Waals surface area contributed by atoms with Crippen molar-refractivity contribution in [1.29, 1.82) is 0 Å². The molecule has 6 heteroatoms. The Morgan fingerprint density at radius 2 is 1.22 bits per heavy atom. The number of hydrogen-bond acceptors (Lipinski definition) is 4. The van der Waals surface area contributed by atoms with Crippen molar-refractivity contribution in [2.24, 2.45) is 0 Å². The van der Waals surface area contributed by atoms with Crippen molar-refractivity contribution in [2.75, 3.05) is 0 Å². The lowest BCUT2D eigenvalue weighted by molar-refractivity contribution is 0.0685. The maximum atomic E-state index is 11.1. The second-order valence-corrected chi connectivity index (χ2v) is 5.82. The van der Waals surface area contributed by atoms with E-state index < -0.39 is 11.9 Å². The highest BCUT2D eigenvalue weighted by Crippen LogP contribution is 2.36. The van der Waals surface area contributed by atoms with Gasteiger partial charge in [-0.2, -0.15) is 0 Å². The summed E-state index contributed by atoms with van der Waals surface area (Å²) in [6.45, 7) is 1.88. The van der Waals surface area contributed by atoms with Crippen LogP contribution in [0.3, 0.4) is 0 Å². The highest BCUT2D eigenvalue weighted by molar-refractivity contribution is 5.88. The largest absolute Gasteiger partial charge is 0.478 e. The Balaban J connectivity index is 1.92. The molecule has 0 aliphatic carbocycles. The number of aryl methyl sites for hydroxylation is 1. The lowest BCUT2D eigenvalue weighted by Crippen LogP contribution is -1.98. The second-order valence-electron chi connectivity index (χ2n) is 5.82. The van der Waals surface area contributed by atoms with Gasteiger partial charge in [0.2, 0.25) is 0 Å². The highest BCUT2D eigenvalue weighted by atomic mass is 16.5. The Morgan fingerprint density at radius 3 is 1.74 bits per heavy atom. The van der Waals surface area contributed by atoms with Gasteiger partial charge in [-0.25, -0.2) is 9.59 Å². The first kappa shape index (κ1) is 18.0. The molecule has 0 radical (unpaired) electrons. The molecule has 136 valence electrons. The fraction of sp³-hybridized carbons (Fsp3) is 0.0476. The summed E-state index contributed by atoms with van der Waals surface area (Å²) in [4.78, 5) is 22.2. The van der Waals surface area contributed by atoms with Gasteiger partial charge in [0, 0.05) is 0 Å². The highest BCUT2D eigenvalue weighted by Gasteiger charge is 2.11. The SMILES string of the molecule is Cc1ccc(Oc2cccc(C(=O)O)c2)c(Oc2cccc(C(=O)O)c2)c1. The van der Waals surface area contributed by atoms with Gasteiger partial charge in [0.15, 0.2) is 11.5 Å². The molecule has 0 aromatic heterocycles. The van der Waals surface area contributed by atoms with Crippen LogP contribution < -0.4 is 9.47 Å². The van der Waals surface area contributed by atoms with Crippen LogP contribution in [0.25, 0.3) is 0 Å². The van der Waals surface area contributed by atoms with Crippen molar-refractivity contribution in [2.45, 2.75) is 6.92 Å². The third-order valence-corrected chi connectivity index (χ3v) is 3.72. The summed E-state index contributed by atoms with van der Waals surface area (Å²) in [5.41, 5.74) is 1.14. The first-order valence-corrected chi connectivity index (χ1v) is 8.05. The Labute approximate surface area is 155 Å². The number of carboxylic acid groups (broad SMARTS) is 2. The molecule has 6 nitrogen and oxygen atoms in total. The number of hydrogen-bond donors (Lipinski definition) is 2. The van der Waals surface area contributed by atoms with Gasteiger partial charge in [0.05, 0.1) is 11.1 Å². The molecule has 0 amide bonds. The van der Waals surface area contributed by atoms with Crippen molar-refractivity contribution in [1.82, 2.24) is 0 Å². The zero-order valence-electron chi connectivity index (χ0n) is 14.4. The van der Waals surface area contributed by atoms with Gasteiger partial charge in [-0.3, -0.25) is 0 Å². The molecule has 0 atom stereocenters. The number of aromatic carboxylic acids is 2. The average molecular weight is 364 g/mol. The Kier molecular flexibility index (Phi) is 5.08. The molecule has 27 heavy (non-hydrogen) atoms. The topological polar surface area (TPSA) is 93.1 Å². The lowest BCUT2D eigenvalue weighted by Gasteiger charge is -2.13. The van der Waals surface area contributed by atoms with Crippen LogP contribution in [-0.4, -0.2) is 22.2 Å². The predicted molar refractivity (Wildman–Crippen MR) is 98.1 cm³/mol. The van der Waals surface area contributed by atoms with Crippen molar-refractivity contribution in [3.05, 3.63) is 83.4 Å². The number of carboxylic acids is 2. The predicted octanol–water partition coefficient (Wildman–Crippen LogP) is 4.98. The average Bonchev–Trinajstić information content (AvgIpc) is 2.64. The van der Waals surface area contributed by atoms with Crippen molar-refractivity contribution in [3.8, 4) is 23.0 Å². The molecule has 0 spiro atoms. The van der Waals surface area contributed by atoms with Crippen molar-refractivity contribution < 1.29 is 29.3 Å². The fourth-order valence-corrected chi connectivity index (χ4v) is 2.42. The normalized spacial score (nSPS) is 10.3. The molecule has 3 aromatic carbocycles. The maximum absolute atomic E-state index is 11.1. The molecule has 0 fully saturated rings. The summed E-state index contributed by atoms with van der Waals surface area (Å²) in [5.74, 6) is -0.632. The van der Waals surface area contributed by atoms with Crippen LogP contribution in [0.2, 0.25) is 0 Å². The van der Waals surface area contributed by atoms with E-state index in [0.29, 0.717) is 23.0 Å². The third kappa shape index (κ3) is 4.43. The lowest BCUT2D eigenvalue weighted by atomic mass is 10.2. The third-order valence-electron chi connectivity index (χ3n) is 3.72. The standard InChI is InChI=1S/C21H16O6/c1-13-8-9-18(26-16-6-2-4-14(11-16)20(22)23)19(10-13)27-17-7-3-5-15(12-17)21(24)25/h2-12H,1H3,(H,22,23)(H,24,25). The summed E-state index contributed by atoms with van der Waals surface area (Å²) in [6, 6.07) is 17.5. The Hall–Kier alpha value is -3.80. The number of benzene rings is 3. The molecule has 0 saturated heterocycles. The minimum Gasteiger partial charge on any atom is -0.478 e. The molecule has 3 rings (SSSR count). The van der Waals surface area contributed by atoms with E-state index in [9.17, 15) is 9.59 Å². The quantitative estimate of drug-likeness (QED) is 0.641. The minimum atomic E-state index is -1.05. The molecule has 0 aliphatic heterocycles. The molecule has 0 heterocycles. The minimum absolute atomic E-state index is 0.108. The van der Waals surface area contributed by atoms with Crippen molar-refractivity contribution in [3.63, 3.8) is 0 Å². The Morgan fingerprint density at radius 1 is 0.704 bits per heavy atom. The van der Waals surface area contributed by atoms with E-state index in [0.717, 1.165) is 5.56 Å². The summed E-state index contributed by atoms with van der Waals surface area (Å²) >= 11 is 0. The Bertz CT molecular complexity index is 1010. The van der Waals surface area contributed by atoms with Gasteiger partial charge in [-0.05, 0) is 61.0 Å². The number of ether oxygens (including phenoxy) is 2. The second kappa shape index (κ2) is 7.61. The zero-order valence-corrected chi connectivity index (χ0v) is 14.4. The van der Waals surface area contributed by atoms with Crippen LogP contribution in [0.15, 0.2) is 66.7 Å². The molecule has 0 bridgehead atoms. The van der Waals surface area contributed by atoms with Crippen LogP contribution in [0.4, 0.5) is 0 Å². The van der Waals surface area contributed by atoms with Gasteiger partial charge in [-0.15, -0.1) is 0 Å². The van der Waals surface area contributed by atoms with Gasteiger partial charge >= 0.3 is 11.9 Å². The van der Waals surface area contributed by atoms with Crippen molar-refractivity contribution >= 4 is 11.9 Å². The molecule has 0 saturated carbocycles. The molecule has 3 aromatic rings. The van der Waals surface area contributed by atoms with E-state index in [1.54, 1.807) is 36.4 Å². The van der Waals surface area contributed by atoms with Gasteiger partial charge < -0.3 is 19.7 Å². The summed E-state index contributed by atoms with van der Waals surface area (Å²) in [5, 5.41) is 18.2. The first-order valence-electron chi connectivity index (χ1n) is 8.05. The van der Waals surface area contributed by atoms with Crippen LogP contribution in [0, 0.1) is 6.92 Å². The summed E-state index contributed by atoms with van der Waals surface area (Å²) in [6.07, 6.45) is 0. The smallest absolute Gasteiger partial charge is 0.335 e. The van der Waals surface area contributed by atoms with Gasteiger partial charge in [0.25, 0.3) is 0 Å². The van der Waals surface area contributed by atoms with E-state index in [1.165, 1.54) is 24.3 Å². The van der Waals surface area contributed by atoms with Gasteiger partial charge in [0.1, 0.15) is 11.5 Å². The van der Waals surface area contributed by atoms with Crippen LogP contribution >= 0.6 is 0 Å². The van der Waals surface area contributed by atoms with Crippen LogP contribution in [-0.2, 0) is 0 Å². The first-order chi connectivity index (χ1) is 12.9. The fourth-order valence-electron chi connectivity index (χ4n) is 2.42. The number of rotatable bonds is 6. The monoisotopic (exact) mass is 364 g/mol. The molecular weight excluding hydrogens is 348 g/mol. The molecule has 0 unspecified atom stereocenters. The van der Waals surface area contributed by atoms with E-state index in [4.69, 9.17) is 19.7 Å². The van der Waals surface area contributed by atoms with E-state index >= 15 is 0 Å². The molecule has 2 N–H and O–H groups in total. The van der Waals surface area contributed by atoms with E-state index in [-0.39, 0.29) is 11.1 Å².